The number of ether oxygens (including phenoxy) is 2. The van der Waals surface area contributed by atoms with Gasteiger partial charge in [-0.05, 0) is 55.0 Å². The van der Waals surface area contributed by atoms with Gasteiger partial charge in [0, 0.05) is 12.6 Å². The first-order valence-corrected chi connectivity index (χ1v) is 8.67. The van der Waals surface area contributed by atoms with E-state index in [1.165, 1.54) is 6.07 Å². The zero-order valence-corrected chi connectivity index (χ0v) is 16.0. The van der Waals surface area contributed by atoms with Crippen LogP contribution in [0.2, 0.25) is 5.02 Å². The Morgan fingerprint density at radius 2 is 2.08 bits per heavy atom. The number of benzene rings is 2. The average Bonchev–Trinajstić information content (AvgIpc) is 2.62. The molecule has 0 saturated heterocycles. The van der Waals surface area contributed by atoms with E-state index >= 15 is 0 Å². The molecule has 2 aromatic rings. The normalized spacial score (nSPS) is 10.6. The van der Waals surface area contributed by atoms with Crippen LogP contribution in [0.4, 0.5) is 4.39 Å². The highest BCUT2D eigenvalue weighted by Gasteiger charge is 2.11. The van der Waals surface area contributed by atoms with E-state index in [-0.39, 0.29) is 6.61 Å². The fraction of sp³-hybridized carbons (Fsp3) is 0.222. The van der Waals surface area contributed by atoms with Crippen LogP contribution in [0.3, 0.4) is 0 Å². The molecule has 0 unspecified atom stereocenters. The summed E-state index contributed by atoms with van der Waals surface area (Å²) in [6.07, 6.45) is 1.60. The Balaban J connectivity index is 2.14. The summed E-state index contributed by atoms with van der Waals surface area (Å²) < 4.78 is 25.2. The molecule has 0 fully saturated rings. The lowest BCUT2D eigenvalue weighted by Gasteiger charge is -2.13. The third kappa shape index (κ3) is 5.57. The molecule has 0 atom stereocenters. The molecule has 2 N–H and O–H groups in total. The fourth-order valence-corrected chi connectivity index (χ4v) is 2.30. The monoisotopic (exact) mass is 395 g/mol. The molecule has 5 nitrogen and oxygen atoms in total. The number of rotatable bonds is 7. The Kier molecular flexibility index (Phi) is 7.62. The van der Waals surface area contributed by atoms with Crippen LogP contribution in [0.25, 0.3) is 0 Å². The van der Waals surface area contributed by atoms with Crippen molar-refractivity contribution >= 4 is 35.1 Å². The van der Waals surface area contributed by atoms with Crippen LogP contribution in [-0.4, -0.2) is 25.0 Å². The highest BCUT2D eigenvalue weighted by molar-refractivity contribution is 7.80. The van der Waals surface area contributed by atoms with E-state index in [0.717, 1.165) is 5.56 Å². The molecule has 0 saturated carbocycles. The van der Waals surface area contributed by atoms with E-state index in [1.807, 2.05) is 6.92 Å². The van der Waals surface area contributed by atoms with Crippen LogP contribution >= 0.6 is 23.8 Å². The van der Waals surface area contributed by atoms with Crippen molar-refractivity contribution < 1.29 is 13.9 Å². The van der Waals surface area contributed by atoms with Gasteiger partial charge in [-0.25, -0.2) is 4.39 Å². The van der Waals surface area contributed by atoms with Crippen molar-refractivity contribution in [2.75, 3.05) is 13.7 Å². The van der Waals surface area contributed by atoms with Gasteiger partial charge in [-0.3, -0.25) is 5.43 Å². The number of hydrazone groups is 1. The Hall–Kier alpha value is -2.38. The van der Waals surface area contributed by atoms with Crippen molar-refractivity contribution in [1.29, 1.82) is 0 Å². The topological polar surface area (TPSA) is 54.9 Å². The van der Waals surface area contributed by atoms with Crippen molar-refractivity contribution in [3.63, 3.8) is 0 Å². The molecule has 138 valence electrons. The maximum Gasteiger partial charge on any atom is 0.186 e. The Morgan fingerprint density at radius 1 is 1.27 bits per heavy atom. The van der Waals surface area contributed by atoms with Gasteiger partial charge < -0.3 is 14.8 Å². The minimum Gasteiger partial charge on any atom is -0.490 e. The molecule has 2 aromatic carbocycles. The van der Waals surface area contributed by atoms with Gasteiger partial charge in [0.2, 0.25) is 0 Å². The van der Waals surface area contributed by atoms with Crippen molar-refractivity contribution in [3.05, 3.63) is 58.4 Å². The number of hydrogen-bond donors (Lipinski definition) is 2. The SMILES string of the molecule is CCOc1cc(/C=N\NC(=S)NC)ccc1OCc1c(F)cccc1Cl. The molecule has 0 spiro atoms. The molecule has 8 heteroatoms. The molecule has 0 amide bonds. The number of thiocarbonyl (C=S) groups is 1. The largest absolute Gasteiger partial charge is 0.490 e. The van der Waals surface area contributed by atoms with Crippen LogP contribution in [0, 0.1) is 5.82 Å². The van der Waals surface area contributed by atoms with Gasteiger partial charge in [0.25, 0.3) is 0 Å². The third-order valence-electron chi connectivity index (χ3n) is 3.31. The summed E-state index contributed by atoms with van der Waals surface area (Å²) in [6.45, 7) is 2.32. The predicted octanol–water partition coefficient (Wildman–Crippen LogP) is 3.88. The van der Waals surface area contributed by atoms with Crippen LogP contribution < -0.4 is 20.2 Å². The average molecular weight is 396 g/mol. The summed E-state index contributed by atoms with van der Waals surface area (Å²) >= 11 is 11.0. The van der Waals surface area contributed by atoms with Gasteiger partial charge in [-0.1, -0.05) is 17.7 Å². The molecular formula is C18H19ClFN3O2S. The summed E-state index contributed by atoms with van der Waals surface area (Å²) in [4.78, 5) is 0. The van der Waals surface area contributed by atoms with E-state index in [9.17, 15) is 4.39 Å². The third-order valence-corrected chi connectivity index (χ3v) is 3.96. The smallest absolute Gasteiger partial charge is 0.186 e. The minimum atomic E-state index is -0.411. The first kappa shape index (κ1) is 19.9. The van der Waals surface area contributed by atoms with E-state index in [2.05, 4.69) is 15.8 Å². The molecule has 0 aromatic heterocycles. The maximum atomic E-state index is 13.9. The first-order valence-electron chi connectivity index (χ1n) is 7.88. The van der Waals surface area contributed by atoms with Crippen LogP contribution in [0.5, 0.6) is 11.5 Å². The Labute approximate surface area is 162 Å². The lowest BCUT2D eigenvalue weighted by atomic mass is 10.2. The van der Waals surface area contributed by atoms with Crippen molar-refractivity contribution in [2.45, 2.75) is 13.5 Å². The number of hydrogen-bond acceptors (Lipinski definition) is 4. The molecule has 0 aliphatic rings. The summed E-state index contributed by atoms with van der Waals surface area (Å²) in [6, 6.07) is 9.82. The number of halogens is 2. The highest BCUT2D eigenvalue weighted by atomic mass is 35.5. The minimum absolute atomic E-state index is 0.00296. The summed E-state index contributed by atoms with van der Waals surface area (Å²) in [5.74, 6) is 0.605. The van der Waals surface area contributed by atoms with Gasteiger partial charge in [0.05, 0.1) is 17.8 Å². The van der Waals surface area contributed by atoms with E-state index < -0.39 is 5.82 Å². The Morgan fingerprint density at radius 3 is 2.77 bits per heavy atom. The second-order valence-corrected chi connectivity index (χ2v) is 5.89. The van der Waals surface area contributed by atoms with Crippen LogP contribution in [0.15, 0.2) is 41.5 Å². The van der Waals surface area contributed by atoms with Gasteiger partial charge in [-0.15, -0.1) is 0 Å². The van der Waals surface area contributed by atoms with Crippen molar-refractivity contribution in [2.24, 2.45) is 5.10 Å². The van der Waals surface area contributed by atoms with Gasteiger partial charge in [0.15, 0.2) is 16.6 Å². The van der Waals surface area contributed by atoms with Gasteiger partial charge in [-0.2, -0.15) is 5.10 Å². The standard InChI is InChI=1S/C18H19ClFN3O2S/c1-3-24-17-9-12(10-22-23-18(26)21-2)7-8-16(17)25-11-13-14(19)5-4-6-15(13)20/h4-10H,3,11H2,1-2H3,(H2,21,23,26)/b22-10-. The highest BCUT2D eigenvalue weighted by Crippen LogP contribution is 2.30. The van der Waals surface area contributed by atoms with Crippen molar-refractivity contribution in [1.82, 2.24) is 10.7 Å². The van der Waals surface area contributed by atoms with E-state index in [1.54, 1.807) is 43.6 Å². The number of nitrogens with zero attached hydrogens (tertiary/aromatic N) is 1. The molecule has 0 aliphatic carbocycles. The summed E-state index contributed by atoms with van der Waals surface area (Å²) in [7, 11) is 1.70. The molecule has 0 radical (unpaired) electrons. The lowest BCUT2D eigenvalue weighted by molar-refractivity contribution is 0.266. The number of nitrogens with one attached hydrogen (secondary N) is 2. The van der Waals surface area contributed by atoms with Gasteiger partial charge in [0.1, 0.15) is 12.4 Å². The molecule has 0 heterocycles. The molecular weight excluding hydrogens is 377 g/mol. The zero-order valence-electron chi connectivity index (χ0n) is 14.4. The predicted molar refractivity (Wildman–Crippen MR) is 106 cm³/mol. The second-order valence-electron chi connectivity index (χ2n) is 5.08. The molecule has 2 rings (SSSR count). The van der Waals surface area contributed by atoms with Crippen LogP contribution in [0.1, 0.15) is 18.1 Å². The molecule has 26 heavy (non-hydrogen) atoms. The Bertz CT molecular complexity index is 782. The fourth-order valence-electron chi connectivity index (χ4n) is 2.03. The zero-order chi connectivity index (χ0) is 18.9. The van der Waals surface area contributed by atoms with Gasteiger partial charge >= 0.3 is 0 Å². The summed E-state index contributed by atoms with van der Waals surface area (Å²) in [5, 5.41) is 7.50. The van der Waals surface area contributed by atoms with E-state index in [0.29, 0.717) is 33.8 Å². The molecule has 0 aliphatic heterocycles. The lowest BCUT2D eigenvalue weighted by Crippen LogP contribution is -2.28. The van der Waals surface area contributed by atoms with Crippen LogP contribution in [-0.2, 0) is 6.61 Å². The van der Waals surface area contributed by atoms with Crippen molar-refractivity contribution in [3.8, 4) is 11.5 Å². The summed E-state index contributed by atoms with van der Waals surface area (Å²) in [5.41, 5.74) is 3.75. The molecule has 0 bridgehead atoms. The first-order chi connectivity index (χ1) is 12.5. The van der Waals surface area contributed by atoms with E-state index in [4.69, 9.17) is 33.3 Å². The second kappa shape index (κ2) is 9.94. The maximum absolute atomic E-state index is 13.9. The quantitative estimate of drug-likeness (QED) is 0.423.